The smallest absolute Gasteiger partial charge is 0.243 e. The van der Waals surface area contributed by atoms with Crippen LogP contribution in [-0.4, -0.2) is 33.5 Å². The summed E-state index contributed by atoms with van der Waals surface area (Å²) in [6.07, 6.45) is 6.05. The maximum atomic E-state index is 12.5. The molecule has 1 aromatic carbocycles. The van der Waals surface area contributed by atoms with Crippen molar-refractivity contribution in [1.82, 2.24) is 19.9 Å². The first-order valence-electron chi connectivity index (χ1n) is 9.11. The minimum atomic E-state index is -0.320. The van der Waals surface area contributed by atoms with E-state index in [-0.39, 0.29) is 11.9 Å². The van der Waals surface area contributed by atoms with Crippen LogP contribution in [0, 0.1) is 0 Å². The third kappa shape index (κ3) is 3.27. The summed E-state index contributed by atoms with van der Waals surface area (Å²) in [7, 11) is 0. The van der Waals surface area contributed by atoms with Gasteiger partial charge in [-0.05, 0) is 43.5 Å². The molecule has 2 aromatic heterocycles. The molecule has 1 atom stereocenters. The fraction of sp³-hybridized carbons (Fsp3) is 0.350. The molecule has 0 spiro atoms. The van der Waals surface area contributed by atoms with Crippen molar-refractivity contribution in [2.24, 2.45) is 0 Å². The maximum Gasteiger partial charge on any atom is 0.243 e. The minimum absolute atomic E-state index is 0.0308. The fourth-order valence-corrected chi connectivity index (χ4v) is 3.40. The zero-order valence-electron chi connectivity index (χ0n) is 14.9. The van der Waals surface area contributed by atoms with Gasteiger partial charge in [0.15, 0.2) is 0 Å². The number of nitrogens with zero attached hydrogens (tertiary/aromatic N) is 4. The Kier molecular flexibility index (Phi) is 4.56. The molecule has 0 aliphatic carbocycles. The van der Waals surface area contributed by atoms with Gasteiger partial charge in [-0.3, -0.25) is 4.79 Å². The summed E-state index contributed by atoms with van der Waals surface area (Å²) in [6.45, 7) is 4.53. The van der Waals surface area contributed by atoms with Crippen LogP contribution in [0.15, 0.2) is 48.9 Å². The van der Waals surface area contributed by atoms with Crippen molar-refractivity contribution in [3.05, 3.63) is 54.5 Å². The standard InChI is InChI=1S/C20H23N5O/c1-15(25-14-23-17-6-2-3-7-18(17)25)20(26)22-13-16-8-9-19(21-12-16)24-10-4-5-11-24/h2-3,6-9,12,14-15H,4-5,10-11,13H2,1H3,(H,22,26)/t15-/m1/s1. The summed E-state index contributed by atoms with van der Waals surface area (Å²) >= 11 is 0. The van der Waals surface area contributed by atoms with Gasteiger partial charge in [0.2, 0.25) is 5.91 Å². The molecule has 3 aromatic rings. The highest BCUT2D eigenvalue weighted by molar-refractivity contribution is 5.83. The SMILES string of the molecule is C[C@H](C(=O)NCc1ccc(N2CCCC2)nc1)n1cnc2ccccc21. The van der Waals surface area contributed by atoms with Crippen LogP contribution in [0.3, 0.4) is 0 Å². The summed E-state index contributed by atoms with van der Waals surface area (Å²) in [5, 5.41) is 3.00. The van der Waals surface area contributed by atoms with Gasteiger partial charge in [0.1, 0.15) is 11.9 Å². The lowest BCUT2D eigenvalue weighted by Gasteiger charge is -2.17. The van der Waals surface area contributed by atoms with E-state index in [9.17, 15) is 4.79 Å². The average molecular weight is 349 g/mol. The van der Waals surface area contributed by atoms with Crippen LogP contribution in [0.4, 0.5) is 5.82 Å². The molecule has 26 heavy (non-hydrogen) atoms. The van der Waals surface area contributed by atoms with E-state index in [4.69, 9.17) is 0 Å². The highest BCUT2D eigenvalue weighted by Crippen LogP contribution is 2.19. The lowest BCUT2D eigenvalue weighted by Crippen LogP contribution is -2.30. The summed E-state index contributed by atoms with van der Waals surface area (Å²) in [5.41, 5.74) is 2.87. The largest absolute Gasteiger partial charge is 0.357 e. The number of hydrogen-bond donors (Lipinski definition) is 1. The Morgan fingerprint density at radius 3 is 2.73 bits per heavy atom. The quantitative estimate of drug-likeness (QED) is 0.769. The number of imidazole rings is 1. The zero-order valence-corrected chi connectivity index (χ0v) is 14.9. The van der Waals surface area contributed by atoms with Crippen LogP contribution in [0.2, 0.25) is 0 Å². The van der Waals surface area contributed by atoms with Crippen LogP contribution in [0.1, 0.15) is 31.4 Å². The second-order valence-corrected chi connectivity index (χ2v) is 6.75. The van der Waals surface area contributed by atoms with Gasteiger partial charge in [-0.2, -0.15) is 0 Å². The number of benzene rings is 1. The molecular formula is C20H23N5O. The van der Waals surface area contributed by atoms with E-state index in [0.29, 0.717) is 6.54 Å². The van der Waals surface area contributed by atoms with Gasteiger partial charge in [-0.15, -0.1) is 0 Å². The number of hydrogen-bond acceptors (Lipinski definition) is 4. The van der Waals surface area contributed by atoms with Crippen LogP contribution >= 0.6 is 0 Å². The van der Waals surface area contributed by atoms with Gasteiger partial charge in [0, 0.05) is 25.8 Å². The molecule has 4 rings (SSSR count). The Hall–Kier alpha value is -2.89. The summed E-state index contributed by atoms with van der Waals surface area (Å²) in [4.78, 5) is 23.7. The lowest BCUT2D eigenvalue weighted by atomic mass is 10.2. The topological polar surface area (TPSA) is 63.1 Å². The number of fused-ring (bicyclic) bond motifs is 1. The van der Waals surface area contributed by atoms with Gasteiger partial charge >= 0.3 is 0 Å². The van der Waals surface area contributed by atoms with Crippen LogP contribution in [0.5, 0.6) is 0 Å². The summed E-state index contributed by atoms with van der Waals surface area (Å²) in [6, 6.07) is 11.6. The number of amides is 1. The van der Waals surface area contributed by atoms with Crippen molar-refractivity contribution in [1.29, 1.82) is 0 Å². The zero-order chi connectivity index (χ0) is 17.9. The normalized spacial score (nSPS) is 15.3. The van der Waals surface area contributed by atoms with Crippen LogP contribution in [-0.2, 0) is 11.3 Å². The van der Waals surface area contributed by atoms with Crippen molar-refractivity contribution < 1.29 is 4.79 Å². The highest BCUT2D eigenvalue weighted by atomic mass is 16.2. The lowest BCUT2D eigenvalue weighted by molar-refractivity contribution is -0.123. The second-order valence-electron chi connectivity index (χ2n) is 6.75. The molecule has 6 heteroatoms. The number of pyridine rings is 1. The van der Waals surface area contributed by atoms with E-state index >= 15 is 0 Å². The van der Waals surface area contributed by atoms with Gasteiger partial charge in [-0.1, -0.05) is 18.2 Å². The molecule has 1 N–H and O–H groups in total. The molecule has 0 radical (unpaired) electrons. The Bertz CT molecular complexity index is 896. The number of para-hydroxylation sites is 2. The molecule has 1 aliphatic heterocycles. The molecule has 1 fully saturated rings. The predicted octanol–water partition coefficient (Wildman–Crippen LogP) is 2.91. The number of anilines is 1. The Balaban J connectivity index is 1.38. The van der Waals surface area contributed by atoms with Crippen molar-refractivity contribution in [2.75, 3.05) is 18.0 Å². The first-order valence-corrected chi connectivity index (χ1v) is 9.11. The number of carbonyl (C=O) groups excluding carboxylic acids is 1. The molecular weight excluding hydrogens is 326 g/mol. The van der Waals surface area contributed by atoms with E-state index < -0.39 is 0 Å². The minimum Gasteiger partial charge on any atom is -0.357 e. The van der Waals surface area contributed by atoms with Crippen molar-refractivity contribution in [3.63, 3.8) is 0 Å². The van der Waals surface area contributed by atoms with Gasteiger partial charge in [0.25, 0.3) is 0 Å². The van der Waals surface area contributed by atoms with Crippen molar-refractivity contribution >= 4 is 22.8 Å². The molecule has 1 aliphatic rings. The monoisotopic (exact) mass is 349 g/mol. The van der Waals surface area contributed by atoms with E-state index in [2.05, 4.69) is 20.2 Å². The molecule has 1 saturated heterocycles. The Labute approximate surface area is 152 Å². The number of rotatable bonds is 5. The molecule has 0 bridgehead atoms. The van der Waals surface area contributed by atoms with E-state index in [1.165, 1.54) is 12.8 Å². The first-order chi connectivity index (χ1) is 12.7. The summed E-state index contributed by atoms with van der Waals surface area (Å²) in [5.74, 6) is 0.993. The third-order valence-electron chi connectivity index (χ3n) is 4.98. The fourth-order valence-electron chi connectivity index (χ4n) is 3.40. The average Bonchev–Trinajstić information content (AvgIpc) is 3.36. The first kappa shape index (κ1) is 16.6. The van der Waals surface area contributed by atoms with Gasteiger partial charge in [0.05, 0.1) is 17.4 Å². The molecule has 1 amide bonds. The van der Waals surface area contributed by atoms with Crippen molar-refractivity contribution in [3.8, 4) is 0 Å². The van der Waals surface area contributed by atoms with Crippen molar-refractivity contribution in [2.45, 2.75) is 32.4 Å². The number of carbonyl (C=O) groups is 1. The highest BCUT2D eigenvalue weighted by Gasteiger charge is 2.17. The Morgan fingerprint density at radius 2 is 1.96 bits per heavy atom. The van der Waals surface area contributed by atoms with E-state index in [1.54, 1.807) is 6.33 Å². The molecule has 0 saturated carbocycles. The molecule has 0 unspecified atom stereocenters. The van der Waals surface area contributed by atoms with Crippen LogP contribution in [0.25, 0.3) is 11.0 Å². The number of aromatic nitrogens is 3. The third-order valence-corrected chi connectivity index (χ3v) is 4.98. The maximum absolute atomic E-state index is 12.5. The van der Waals surface area contributed by atoms with E-state index in [1.807, 2.05) is 54.1 Å². The molecule has 6 nitrogen and oxygen atoms in total. The summed E-state index contributed by atoms with van der Waals surface area (Å²) < 4.78 is 1.90. The molecule has 134 valence electrons. The predicted molar refractivity (Wildman–Crippen MR) is 102 cm³/mol. The van der Waals surface area contributed by atoms with Gasteiger partial charge < -0.3 is 14.8 Å². The van der Waals surface area contributed by atoms with E-state index in [0.717, 1.165) is 35.5 Å². The Morgan fingerprint density at radius 1 is 1.15 bits per heavy atom. The van der Waals surface area contributed by atoms with Gasteiger partial charge in [-0.25, -0.2) is 9.97 Å². The second kappa shape index (κ2) is 7.15. The number of nitrogens with one attached hydrogen (secondary N) is 1. The molecule has 3 heterocycles. The van der Waals surface area contributed by atoms with Crippen LogP contribution < -0.4 is 10.2 Å².